The number of primary sulfonamides is 1. The lowest BCUT2D eigenvalue weighted by molar-refractivity contribution is -0.113. The molecule has 0 aromatic heterocycles. The van der Waals surface area contributed by atoms with Gasteiger partial charge in [-0.3, -0.25) is 4.79 Å². The van der Waals surface area contributed by atoms with E-state index in [4.69, 9.17) is 5.14 Å². The Balaban J connectivity index is 2.15. The minimum atomic E-state index is -3.39. The molecule has 100 valence electrons. The Morgan fingerprint density at radius 2 is 1.94 bits per heavy atom. The number of benzene rings is 1. The van der Waals surface area contributed by atoms with Crippen LogP contribution in [0.4, 0.5) is 5.69 Å². The van der Waals surface area contributed by atoms with Crippen LogP contribution in [0, 0.1) is 0 Å². The average molecular weight is 288 g/mol. The fourth-order valence-corrected chi connectivity index (χ4v) is 2.73. The van der Waals surface area contributed by atoms with Crippen LogP contribution in [-0.2, 0) is 14.8 Å². The lowest BCUT2D eigenvalue weighted by Gasteiger charge is -2.04. The summed E-state index contributed by atoms with van der Waals surface area (Å²) in [7, 11) is -3.39. The highest BCUT2D eigenvalue weighted by molar-refractivity contribution is 8.00. The Bertz CT molecular complexity index is 474. The summed E-state index contributed by atoms with van der Waals surface area (Å²) < 4.78 is 21.3. The van der Waals surface area contributed by atoms with Crippen LogP contribution in [0.15, 0.2) is 30.3 Å². The maximum atomic E-state index is 11.5. The molecule has 0 unspecified atom stereocenters. The largest absolute Gasteiger partial charge is 0.325 e. The van der Waals surface area contributed by atoms with Crippen molar-refractivity contribution in [1.82, 2.24) is 0 Å². The zero-order chi connectivity index (χ0) is 13.4. The smallest absolute Gasteiger partial charge is 0.234 e. The first-order valence-corrected chi connectivity index (χ1v) is 8.27. The Kier molecular flexibility index (Phi) is 6.17. The van der Waals surface area contributed by atoms with E-state index in [0.717, 1.165) is 5.69 Å². The van der Waals surface area contributed by atoms with Crippen molar-refractivity contribution >= 4 is 33.4 Å². The zero-order valence-corrected chi connectivity index (χ0v) is 11.5. The van der Waals surface area contributed by atoms with Crippen LogP contribution in [0.25, 0.3) is 0 Å². The second-order valence-corrected chi connectivity index (χ2v) is 6.53. The van der Waals surface area contributed by atoms with Crippen molar-refractivity contribution in [2.45, 2.75) is 6.42 Å². The summed E-state index contributed by atoms with van der Waals surface area (Å²) in [6.45, 7) is 0. The lowest BCUT2D eigenvalue weighted by atomic mass is 10.3. The number of carbonyl (C=O) groups excluding carboxylic acids is 1. The topological polar surface area (TPSA) is 89.3 Å². The van der Waals surface area contributed by atoms with Gasteiger partial charge in [0, 0.05) is 5.69 Å². The van der Waals surface area contributed by atoms with E-state index in [1.165, 1.54) is 11.8 Å². The lowest BCUT2D eigenvalue weighted by Crippen LogP contribution is -2.17. The van der Waals surface area contributed by atoms with Crippen LogP contribution in [0.2, 0.25) is 0 Å². The highest BCUT2D eigenvalue weighted by Gasteiger charge is 2.04. The molecule has 1 rings (SSSR count). The van der Waals surface area contributed by atoms with Gasteiger partial charge >= 0.3 is 0 Å². The second-order valence-electron chi connectivity index (χ2n) is 3.69. The first-order chi connectivity index (χ1) is 8.47. The molecule has 0 aliphatic carbocycles. The number of para-hydroxylation sites is 1. The molecule has 5 nitrogen and oxygen atoms in total. The van der Waals surface area contributed by atoms with Gasteiger partial charge in [-0.25, -0.2) is 13.6 Å². The van der Waals surface area contributed by atoms with Crippen molar-refractivity contribution in [2.75, 3.05) is 22.6 Å². The van der Waals surface area contributed by atoms with Crippen LogP contribution in [0.5, 0.6) is 0 Å². The van der Waals surface area contributed by atoms with Crippen molar-refractivity contribution in [3.63, 3.8) is 0 Å². The molecule has 1 aromatic carbocycles. The van der Waals surface area contributed by atoms with Gasteiger partial charge in [-0.2, -0.15) is 11.8 Å². The SMILES string of the molecule is NS(=O)(=O)CCCSCC(=O)Nc1ccccc1. The number of carbonyl (C=O) groups is 1. The number of hydrogen-bond acceptors (Lipinski definition) is 4. The highest BCUT2D eigenvalue weighted by Crippen LogP contribution is 2.08. The molecule has 0 atom stereocenters. The average Bonchev–Trinajstić information content (AvgIpc) is 2.28. The summed E-state index contributed by atoms with van der Waals surface area (Å²) >= 11 is 1.39. The van der Waals surface area contributed by atoms with E-state index in [0.29, 0.717) is 17.9 Å². The Hall–Kier alpha value is -1.05. The highest BCUT2D eigenvalue weighted by atomic mass is 32.2. The van der Waals surface area contributed by atoms with Crippen molar-refractivity contribution in [3.8, 4) is 0 Å². The maximum Gasteiger partial charge on any atom is 0.234 e. The Morgan fingerprint density at radius 3 is 2.56 bits per heavy atom. The molecule has 3 N–H and O–H groups in total. The Morgan fingerprint density at radius 1 is 1.28 bits per heavy atom. The van der Waals surface area contributed by atoms with Gasteiger partial charge in [0.2, 0.25) is 15.9 Å². The first-order valence-electron chi connectivity index (χ1n) is 5.40. The molecule has 0 radical (unpaired) electrons. The number of rotatable bonds is 7. The van der Waals surface area contributed by atoms with Gasteiger partial charge in [0.1, 0.15) is 0 Å². The summed E-state index contributed by atoms with van der Waals surface area (Å²) in [5.41, 5.74) is 0.757. The molecule has 0 aliphatic heterocycles. The summed E-state index contributed by atoms with van der Waals surface area (Å²) in [6.07, 6.45) is 0.460. The van der Waals surface area contributed by atoms with Gasteiger partial charge in [-0.15, -0.1) is 0 Å². The van der Waals surface area contributed by atoms with E-state index in [1.807, 2.05) is 30.3 Å². The van der Waals surface area contributed by atoms with E-state index in [-0.39, 0.29) is 11.7 Å². The summed E-state index contributed by atoms with van der Waals surface area (Å²) in [6, 6.07) is 9.18. The standard InChI is InChI=1S/C11H16N2O3S2/c12-18(15,16)8-4-7-17-9-11(14)13-10-5-2-1-3-6-10/h1-3,5-6H,4,7-9H2,(H,13,14)(H2,12,15,16). The van der Waals surface area contributed by atoms with Crippen molar-refractivity contribution in [3.05, 3.63) is 30.3 Å². The van der Waals surface area contributed by atoms with Gasteiger partial charge < -0.3 is 5.32 Å². The number of sulfonamides is 1. The third kappa shape index (κ3) is 7.31. The van der Waals surface area contributed by atoms with E-state index >= 15 is 0 Å². The van der Waals surface area contributed by atoms with Crippen LogP contribution < -0.4 is 10.5 Å². The summed E-state index contributed by atoms with van der Waals surface area (Å²) in [5.74, 6) is 0.764. The molecule has 7 heteroatoms. The molecule has 0 spiro atoms. The molecule has 0 saturated heterocycles. The molecule has 0 saturated carbocycles. The maximum absolute atomic E-state index is 11.5. The normalized spacial score (nSPS) is 11.2. The van der Waals surface area contributed by atoms with Crippen LogP contribution in [0.3, 0.4) is 0 Å². The van der Waals surface area contributed by atoms with Crippen molar-refractivity contribution in [1.29, 1.82) is 0 Å². The van der Waals surface area contributed by atoms with Crippen molar-refractivity contribution in [2.24, 2.45) is 5.14 Å². The predicted molar refractivity (Wildman–Crippen MR) is 75.0 cm³/mol. The third-order valence-electron chi connectivity index (χ3n) is 2.01. The molecular weight excluding hydrogens is 272 g/mol. The summed E-state index contributed by atoms with van der Waals surface area (Å²) in [4.78, 5) is 11.5. The Labute approximate surface area is 111 Å². The van der Waals surface area contributed by atoms with Crippen LogP contribution in [-0.4, -0.2) is 31.6 Å². The molecule has 0 fully saturated rings. The summed E-state index contributed by atoms with van der Waals surface area (Å²) in [5, 5.41) is 7.61. The van der Waals surface area contributed by atoms with Crippen LogP contribution in [0.1, 0.15) is 6.42 Å². The molecule has 0 bridgehead atoms. The monoisotopic (exact) mass is 288 g/mol. The number of hydrogen-bond donors (Lipinski definition) is 2. The third-order valence-corrected chi connectivity index (χ3v) is 3.91. The van der Waals surface area contributed by atoms with Crippen LogP contribution >= 0.6 is 11.8 Å². The molecular formula is C11H16N2O3S2. The van der Waals surface area contributed by atoms with E-state index in [9.17, 15) is 13.2 Å². The molecule has 1 amide bonds. The fraction of sp³-hybridized carbons (Fsp3) is 0.364. The zero-order valence-electron chi connectivity index (χ0n) is 9.83. The fourth-order valence-electron chi connectivity index (χ4n) is 1.25. The molecule has 0 aliphatic rings. The first kappa shape index (κ1) is 15.0. The molecule has 18 heavy (non-hydrogen) atoms. The number of nitrogens with one attached hydrogen (secondary N) is 1. The van der Waals surface area contributed by atoms with Crippen molar-refractivity contribution < 1.29 is 13.2 Å². The van der Waals surface area contributed by atoms with Gasteiger partial charge in [0.15, 0.2) is 0 Å². The minimum absolute atomic E-state index is 0.0414. The van der Waals surface area contributed by atoms with Gasteiger partial charge in [-0.1, -0.05) is 18.2 Å². The van der Waals surface area contributed by atoms with E-state index < -0.39 is 10.0 Å². The number of nitrogens with two attached hydrogens (primary N) is 1. The number of anilines is 1. The predicted octanol–water partition coefficient (Wildman–Crippen LogP) is 1.04. The van der Waals surface area contributed by atoms with Gasteiger partial charge in [-0.05, 0) is 24.3 Å². The molecule has 1 aromatic rings. The number of thioether (sulfide) groups is 1. The van der Waals surface area contributed by atoms with Gasteiger partial charge in [0.25, 0.3) is 0 Å². The van der Waals surface area contributed by atoms with E-state index in [1.54, 1.807) is 0 Å². The number of amides is 1. The minimum Gasteiger partial charge on any atom is -0.325 e. The second kappa shape index (κ2) is 7.40. The van der Waals surface area contributed by atoms with E-state index in [2.05, 4.69) is 5.32 Å². The van der Waals surface area contributed by atoms with Gasteiger partial charge in [0.05, 0.1) is 11.5 Å². The molecule has 0 heterocycles. The quantitative estimate of drug-likeness (QED) is 0.734.